The fourth-order valence-corrected chi connectivity index (χ4v) is 3.00. The molecule has 1 aliphatic rings. The number of amidine groups is 2. The normalized spacial score (nSPS) is 15.8. The molecule has 1 amide bonds. The van der Waals surface area contributed by atoms with Crippen molar-refractivity contribution >= 4 is 30.2 Å². The Labute approximate surface area is 193 Å². The number of nitrogens with zero attached hydrogens (tertiary/aromatic N) is 4. The van der Waals surface area contributed by atoms with E-state index in [1.165, 1.54) is 10.5 Å². The van der Waals surface area contributed by atoms with E-state index < -0.39 is 0 Å². The summed E-state index contributed by atoms with van der Waals surface area (Å²) in [6.07, 6.45) is 0.773. The largest absolute Gasteiger partial charge is 0.404 e. The summed E-state index contributed by atoms with van der Waals surface area (Å²) < 4.78 is 5.72. The maximum absolute atomic E-state index is 12.1. The van der Waals surface area contributed by atoms with Crippen LogP contribution in [0.15, 0.2) is 81.2 Å². The van der Waals surface area contributed by atoms with E-state index >= 15 is 0 Å². The van der Waals surface area contributed by atoms with Crippen LogP contribution in [-0.2, 0) is 11.2 Å². The Morgan fingerprint density at radius 3 is 2.36 bits per heavy atom. The molecule has 3 rings (SSSR count). The number of ether oxygens (including phenoxy) is 1. The zero-order valence-corrected chi connectivity index (χ0v) is 18.9. The zero-order chi connectivity index (χ0) is 23.8. The Hall–Kier alpha value is -4.27. The minimum atomic E-state index is -0.149. The average Bonchev–Trinajstić information content (AvgIpc) is 3.30. The minimum Gasteiger partial charge on any atom is -0.404 e. The van der Waals surface area contributed by atoms with Crippen molar-refractivity contribution in [1.29, 1.82) is 5.41 Å². The summed E-state index contributed by atoms with van der Waals surface area (Å²) in [6, 6.07) is 17.4. The Balaban J connectivity index is 1.77. The number of carbonyl (C=O) groups is 1. The van der Waals surface area contributed by atoms with Crippen LogP contribution in [-0.4, -0.2) is 55.7 Å². The molecule has 0 radical (unpaired) electrons. The van der Waals surface area contributed by atoms with Crippen molar-refractivity contribution < 1.29 is 9.53 Å². The summed E-state index contributed by atoms with van der Waals surface area (Å²) >= 11 is 0. The van der Waals surface area contributed by atoms with Gasteiger partial charge in [0.25, 0.3) is 5.91 Å². The molecule has 0 unspecified atom stereocenters. The predicted molar refractivity (Wildman–Crippen MR) is 131 cm³/mol. The fourth-order valence-electron chi connectivity index (χ4n) is 3.00. The number of rotatable bonds is 7. The molecule has 0 bridgehead atoms. The lowest BCUT2D eigenvalue weighted by Gasteiger charge is -2.11. The van der Waals surface area contributed by atoms with E-state index in [0.717, 1.165) is 12.0 Å². The van der Waals surface area contributed by atoms with Crippen molar-refractivity contribution in [1.82, 2.24) is 15.8 Å². The highest BCUT2D eigenvalue weighted by atomic mass is 16.5. The number of carbonyl (C=O) groups excluding carboxylic acids is 1. The molecule has 9 heteroatoms. The summed E-state index contributed by atoms with van der Waals surface area (Å²) in [6.45, 7) is 5.77. The molecular formula is C24H27N7O2. The second-order valence-electron chi connectivity index (χ2n) is 7.43. The predicted octanol–water partition coefficient (Wildman–Crippen LogP) is 2.77. The molecule has 1 fully saturated rings. The summed E-state index contributed by atoms with van der Waals surface area (Å²) in [5, 5.41) is 8.14. The van der Waals surface area contributed by atoms with E-state index in [0.29, 0.717) is 17.8 Å². The third-order valence-electron chi connectivity index (χ3n) is 4.81. The summed E-state index contributed by atoms with van der Waals surface area (Å²) in [7, 11) is 3.41. The number of nitrogens with one attached hydrogen (secondary N) is 3. The molecular weight excluding hydrogens is 418 g/mol. The molecule has 170 valence electrons. The minimum absolute atomic E-state index is 0.0784. The standard InChI is InChI=1S/C24H27N7O2/c1-16(18-10-12-19(13-11-18)23(32)31(3)4)28-20(21(25)26-2)22-29-30-24(33-22)27-15-14-17-8-6-5-7-9-17/h5-13,25,29H,2,14-15H2,1,3-4H3,(H,27,30). The molecule has 0 aliphatic carbocycles. The summed E-state index contributed by atoms with van der Waals surface area (Å²) in [4.78, 5) is 26.2. The maximum atomic E-state index is 12.1. The third kappa shape index (κ3) is 6.13. The lowest BCUT2D eigenvalue weighted by molar-refractivity contribution is 0.0827. The number of amides is 1. The van der Waals surface area contributed by atoms with Gasteiger partial charge in [0.05, 0.1) is 0 Å². The summed E-state index contributed by atoms with van der Waals surface area (Å²) in [5.74, 6) is -0.0153. The van der Waals surface area contributed by atoms with Crippen LogP contribution >= 0.6 is 0 Å². The lowest BCUT2D eigenvalue weighted by atomic mass is 10.1. The number of benzene rings is 2. The van der Waals surface area contributed by atoms with E-state index in [1.54, 1.807) is 45.3 Å². The SMILES string of the molecule is C=NC(=N)C(N=C(C)c1ccc(C(=O)N(C)C)cc1)=C1NNC(=NCCc2ccccc2)O1. The molecule has 2 aromatic carbocycles. The van der Waals surface area contributed by atoms with Gasteiger partial charge in [0.15, 0.2) is 11.5 Å². The van der Waals surface area contributed by atoms with Crippen molar-refractivity contribution in [3.8, 4) is 0 Å². The Morgan fingerprint density at radius 1 is 1.06 bits per heavy atom. The van der Waals surface area contributed by atoms with E-state index in [9.17, 15) is 4.79 Å². The first-order valence-corrected chi connectivity index (χ1v) is 10.3. The first kappa shape index (κ1) is 23.4. The van der Waals surface area contributed by atoms with E-state index in [2.05, 4.69) is 32.5 Å². The second-order valence-corrected chi connectivity index (χ2v) is 7.43. The molecule has 33 heavy (non-hydrogen) atoms. The van der Waals surface area contributed by atoms with Crippen molar-refractivity contribution in [3.05, 3.63) is 82.9 Å². The highest BCUT2D eigenvalue weighted by Gasteiger charge is 2.22. The van der Waals surface area contributed by atoms with Crippen molar-refractivity contribution in [2.45, 2.75) is 13.3 Å². The van der Waals surface area contributed by atoms with Gasteiger partial charge in [0.1, 0.15) is 0 Å². The Morgan fingerprint density at radius 2 is 1.73 bits per heavy atom. The number of hydrogen-bond acceptors (Lipinski definition) is 6. The molecule has 1 aliphatic heterocycles. The fraction of sp³-hybridized carbons (Fsp3) is 0.208. The number of hydrogen-bond donors (Lipinski definition) is 3. The number of aliphatic imine (C=N–C) groups is 3. The van der Waals surface area contributed by atoms with Gasteiger partial charge < -0.3 is 9.64 Å². The van der Waals surface area contributed by atoms with Gasteiger partial charge in [0.2, 0.25) is 5.88 Å². The van der Waals surface area contributed by atoms with Gasteiger partial charge >= 0.3 is 6.02 Å². The van der Waals surface area contributed by atoms with Crippen LogP contribution in [0.3, 0.4) is 0 Å². The molecule has 1 heterocycles. The molecule has 2 aromatic rings. The lowest BCUT2D eigenvalue weighted by Crippen LogP contribution is -2.26. The van der Waals surface area contributed by atoms with Crippen molar-refractivity contribution in [2.75, 3.05) is 20.6 Å². The van der Waals surface area contributed by atoms with Crippen LogP contribution in [0, 0.1) is 5.41 Å². The molecule has 0 spiro atoms. The van der Waals surface area contributed by atoms with E-state index in [4.69, 9.17) is 10.1 Å². The van der Waals surface area contributed by atoms with Crippen LogP contribution in [0.2, 0.25) is 0 Å². The molecule has 0 saturated carbocycles. The molecule has 0 atom stereocenters. The van der Waals surface area contributed by atoms with Gasteiger partial charge in [0, 0.05) is 31.9 Å². The summed E-state index contributed by atoms with van der Waals surface area (Å²) in [5.41, 5.74) is 9.05. The molecule has 3 N–H and O–H groups in total. The molecule has 0 aromatic heterocycles. The van der Waals surface area contributed by atoms with Crippen LogP contribution in [0.25, 0.3) is 0 Å². The highest BCUT2D eigenvalue weighted by Crippen LogP contribution is 2.15. The van der Waals surface area contributed by atoms with Crippen LogP contribution in [0.5, 0.6) is 0 Å². The van der Waals surface area contributed by atoms with Gasteiger partial charge in [-0.05, 0) is 43.3 Å². The third-order valence-corrected chi connectivity index (χ3v) is 4.81. The van der Waals surface area contributed by atoms with Gasteiger partial charge in [-0.1, -0.05) is 42.5 Å². The number of hydrazine groups is 1. The first-order valence-electron chi connectivity index (χ1n) is 10.3. The van der Waals surface area contributed by atoms with Gasteiger partial charge in [-0.15, -0.1) is 0 Å². The Kier molecular flexibility index (Phi) is 7.69. The van der Waals surface area contributed by atoms with Gasteiger partial charge in [-0.3, -0.25) is 21.1 Å². The van der Waals surface area contributed by atoms with E-state index in [-0.39, 0.29) is 29.3 Å². The van der Waals surface area contributed by atoms with Crippen molar-refractivity contribution in [3.63, 3.8) is 0 Å². The topological polar surface area (TPSA) is 115 Å². The average molecular weight is 446 g/mol. The Bertz CT molecular complexity index is 1120. The smallest absolute Gasteiger partial charge is 0.310 e. The van der Waals surface area contributed by atoms with Crippen LogP contribution < -0.4 is 10.9 Å². The van der Waals surface area contributed by atoms with Crippen molar-refractivity contribution in [2.24, 2.45) is 15.0 Å². The quantitative estimate of drug-likeness (QED) is 0.449. The van der Waals surface area contributed by atoms with Gasteiger partial charge in [-0.2, -0.15) is 0 Å². The van der Waals surface area contributed by atoms with Crippen LogP contribution in [0.4, 0.5) is 0 Å². The first-order chi connectivity index (χ1) is 15.9. The van der Waals surface area contributed by atoms with Crippen LogP contribution in [0.1, 0.15) is 28.4 Å². The second kappa shape index (κ2) is 10.9. The monoisotopic (exact) mass is 445 g/mol. The maximum Gasteiger partial charge on any atom is 0.310 e. The van der Waals surface area contributed by atoms with E-state index in [1.807, 2.05) is 30.3 Å². The zero-order valence-electron chi connectivity index (χ0n) is 18.9. The molecule has 1 saturated heterocycles. The molecule has 9 nitrogen and oxygen atoms in total. The highest BCUT2D eigenvalue weighted by molar-refractivity contribution is 6.06. The van der Waals surface area contributed by atoms with Gasteiger partial charge in [-0.25, -0.2) is 15.0 Å².